The monoisotopic (exact) mass is 448 g/mol. The number of carbonyl (C=O) groups excluding carboxylic acids is 1. The van der Waals surface area contributed by atoms with Gasteiger partial charge in [-0.1, -0.05) is 18.2 Å². The first-order valence-corrected chi connectivity index (χ1v) is 11.1. The SMILES string of the molecule is O=C(NC[C@H](O)c1cccc(C(F)(F)F)c1)[C@H]1CCCN1S(=O)(=O)c1cccs1. The minimum absolute atomic E-state index is 0.00890. The first-order chi connectivity index (χ1) is 13.6. The first-order valence-electron chi connectivity index (χ1n) is 8.79. The Bertz CT molecular complexity index is 962. The number of nitrogens with one attached hydrogen (secondary N) is 1. The van der Waals surface area contributed by atoms with Gasteiger partial charge in [-0.25, -0.2) is 8.42 Å². The molecule has 158 valence electrons. The van der Waals surface area contributed by atoms with Crippen LogP contribution < -0.4 is 5.32 Å². The lowest BCUT2D eigenvalue weighted by Crippen LogP contribution is -2.46. The van der Waals surface area contributed by atoms with Crippen molar-refractivity contribution in [3.05, 3.63) is 52.9 Å². The van der Waals surface area contributed by atoms with Crippen molar-refractivity contribution < 1.29 is 31.5 Å². The number of nitrogens with zero attached hydrogens (tertiary/aromatic N) is 1. The molecule has 6 nitrogen and oxygen atoms in total. The Morgan fingerprint density at radius 1 is 1.31 bits per heavy atom. The summed E-state index contributed by atoms with van der Waals surface area (Å²) in [5.41, 5.74) is -0.890. The van der Waals surface area contributed by atoms with Gasteiger partial charge in [0, 0.05) is 13.1 Å². The molecule has 1 aliphatic heterocycles. The van der Waals surface area contributed by atoms with Crippen molar-refractivity contribution in [2.24, 2.45) is 0 Å². The van der Waals surface area contributed by atoms with Gasteiger partial charge in [-0.2, -0.15) is 17.5 Å². The number of rotatable bonds is 6. The normalized spacial score (nSPS) is 19.2. The summed E-state index contributed by atoms with van der Waals surface area (Å²) in [7, 11) is -3.80. The molecule has 11 heteroatoms. The molecular weight excluding hydrogens is 429 g/mol. The number of aliphatic hydroxyl groups is 1. The number of sulfonamides is 1. The van der Waals surface area contributed by atoms with Crippen LogP contribution in [0.25, 0.3) is 0 Å². The zero-order valence-corrected chi connectivity index (χ0v) is 16.7. The first kappa shape index (κ1) is 21.8. The molecule has 29 heavy (non-hydrogen) atoms. The van der Waals surface area contributed by atoms with Crippen LogP contribution in [0.2, 0.25) is 0 Å². The standard InChI is InChI=1S/C18H19F3N2O4S2/c19-18(20,21)13-5-1-4-12(10-13)15(24)11-22-17(25)14-6-2-8-23(14)29(26,27)16-7-3-9-28-16/h1,3-5,7,9-10,14-15,24H,2,6,8,11H2,(H,22,25)/t14-,15+/m1/s1. The quantitative estimate of drug-likeness (QED) is 0.712. The average Bonchev–Trinajstić information content (AvgIpc) is 3.37. The fraction of sp³-hybridized carbons (Fsp3) is 0.389. The second-order valence-corrected chi connectivity index (χ2v) is 9.66. The Hall–Kier alpha value is -1.95. The van der Waals surface area contributed by atoms with E-state index in [2.05, 4.69) is 5.32 Å². The predicted octanol–water partition coefficient (Wildman–Crippen LogP) is 2.77. The smallest absolute Gasteiger partial charge is 0.387 e. The molecule has 2 atom stereocenters. The summed E-state index contributed by atoms with van der Waals surface area (Å²) in [6.45, 7) is -0.127. The van der Waals surface area contributed by atoms with Gasteiger partial charge >= 0.3 is 6.18 Å². The molecule has 1 saturated heterocycles. The number of benzene rings is 1. The van der Waals surface area contributed by atoms with Crippen LogP contribution in [0.4, 0.5) is 13.2 Å². The van der Waals surface area contributed by atoms with E-state index in [1.54, 1.807) is 11.4 Å². The molecule has 2 N–H and O–H groups in total. The van der Waals surface area contributed by atoms with E-state index < -0.39 is 39.8 Å². The number of aliphatic hydroxyl groups excluding tert-OH is 1. The summed E-state index contributed by atoms with van der Waals surface area (Å²) in [5.74, 6) is -0.589. The Morgan fingerprint density at radius 2 is 2.07 bits per heavy atom. The number of amides is 1. The second-order valence-electron chi connectivity index (χ2n) is 6.59. The third-order valence-corrected chi connectivity index (χ3v) is 7.91. The van der Waals surface area contributed by atoms with Crippen molar-refractivity contribution in [1.29, 1.82) is 0 Å². The molecule has 0 aliphatic carbocycles. The summed E-state index contributed by atoms with van der Waals surface area (Å²) in [5, 5.41) is 14.3. The molecule has 1 aromatic carbocycles. The Kier molecular flexibility index (Phi) is 6.32. The van der Waals surface area contributed by atoms with Crippen LogP contribution in [-0.2, 0) is 21.0 Å². The Morgan fingerprint density at radius 3 is 2.72 bits per heavy atom. The van der Waals surface area contributed by atoms with Gasteiger partial charge in [-0.15, -0.1) is 11.3 Å². The third-order valence-electron chi connectivity index (χ3n) is 4.63. The molecule has 0 spiro atoms. The topological polar surface area (TPSA) is 86.7 Å². The van der Waals surface area contributed by atoms with Crippen molar-refractivity contribution in [3.63, 3.8) is 0 Å². The van der Waals surface area contributed by atoms with E-state index in [-0.39, 0.29) is 22.9 Å². The Balaban J connectivity index is 1.66. The maximum atomic E-state index is 12.8. The van der Waals surface area contributed by atoms with Crippen LogP contribution in [-0.4, -0.2) is 42.9 Å². The van der Waals surface area contributed by atoms with Crippen LogP contribution in [0, 0.1) is 0 Å². The molecule has 3 rings (SSSR count). The van der Waals surface area contributed by atoms with Crippen LogP contribution >= 0.6 is 11.3 Å². The number of hydrogen-bond acceptors (Lipinski definition) is 5. The van der Waals surface area contributed by atoms with Gasteiger partial charge in [0.25, 0.3) is 10.0 Å². The van der Waals surface area contributed by atoms with Crippen LogP contribution in [0.15, 0.2) is 46.0 Å². The zero-order valence-electron chi connectivity index (χ0n) is 15.1. The molecule has 2 heterocycles. The largest absolute Gasteiger partial charge is 0.416 e. The molecule has 1 aromatic heterocycles. The van der Waals surface area contributed by atoms with Crippen molar-refractivity contribution in [2.75, 3.05) is 13.1 Å². The molecule has 2 aromatic rings. The highest BCUT2D eigenvalue weighted by molar-refractivity contribution is 7.91. The van der Waals surface area contributed by atoms with E-state index in [1.807, 2.05) is 0 Å². The van der Waals surface area contributed by atoms with Gasteiger partial charge in [-0.05, 0) is 42.0 Å². The third kappa shape index (κ3) is 4.80. The van der Waals surface area contributed by atoms with Crippen molar-refractivity contribution in [2.45, 2.75) is 35.4 Å². The van der Waals surface area contributed by atoms with E-state index in [4.69, 9.17) is 0 Å². The minimum atomic E-state index is -4.54. The van der Waals surface area contributed by atoms with E-state index in [1.165, 1.54) is 18.2 Å². The van der Waals surface area contributed by atoms with Crippen LogP contribution in [0.3, 0.4) is 0 Å². The summed E-state index contributed by atoms with van der Waals surface area (Å²) in [6.07, 6.45) is -5.06. The summed E-state index contributed by atoms with van der Waals surface area (Å²) in [6, 6.07) is 6.36. The van der Waals surface area contributed by atoms with Crippen LogP contribution in [0.1, 0.15) is 30.1 Å². The minimum Gasteiger partial charge on any atom is -0.387 e. The van der Waals surface area contributed by atoms with Gasteiger partial charge in [0.1, 0.15) is 10.3 Å². The van der Waals surface area contributed by atoms with Crippen molar-refractivity contribution in [3.8, 4) is 0 Å². The average molecular weight is 448 g/mol. The lowest BCUT2D eigenvalue weighted by Gasteiger charge is -2.23. The fourth-order valence-corrected chi connectivity index (χ4v) is 5.95. The number of carbonyl (C=O) groups is 1. The zero-order chi connectivity index (χ0) is 21.2. The molecule has 1 aliphatic rings. The Labute approximate surface area is 170 Å². The number of thiophene rings is 1. The highest BCUT2D eigenvalue weighted by Gasteiger charge is 2.40. The maximum absolute atomic E-state index is 12.8. The summed E-state index contributed by atoms with van der Waals surface area (Å²) in [4.78, 5) is 12.5. The van der Waals surface area contributed by atoms with Crippen LogP contribution in [0.5, 0.6) is 0 Å². The molecule has 1 fully saturated rings. The van der Waals surface area contributed by atoms with E-state index in [0.717, 1.165) is 27.8 Å². The van der Waals surface area contributed by atoms with Crippen molar-refractivity contribution in [1.82, 2.24) is 9.62 Å². The number of alkyl halides is 3. The van der Waals surface area contributed by atoms with E-state index in [9.17, 15) is 31.5 Å². The molecule has 0 saturated carbocycles. The lowest BCUT2D eigenvalue weighted by molar-refractivity contribution is -0.137. The van der Waals surface area contributed by atoms with E-state index >= 15 is 0 Å². The number of hydrogen-bond donors (Lipinski definition) is 2. The predicted molar refractivity (Wildman–Crippen MR) is 101 cm³/mol. The van der Waals surface area contributed by atoms with Gasteiger partial charge in [0.2, 0.25) is 5.91 Å². The molecule has 0 radical (unpaired) electrons. The van der Waals surface area contributed by atoms with Gasteiger partial charge in [0.05, 0.1) is 11.7 Å². The van der Waals surface area contributed by atoms with Gasteiger partial charge in [-0.3, -0.25) is 4.79 Å². The maximum Gasteiger partial charge on any atom is 0.416 e. The van der Waals surface area contributed by atoms with Gasteiger partial charge < -0.3 is 10.4 Å². The van der Waals surface area contributed by atoms with Gasteiger partial charge in [0.15, 0.2) is 0 Å². The highest BCUT2D eigenvalue weighted by Crippen LogP contribution is 2.31. The molecule has 1 amide bonds. The lowest BCUT2D eigenvalue weighted by atomic mass is 10.1. The molecular formula is C18H19F3N2O4S2. The number of halogens is 3. The van der Waals surface area contributed by atoms with E-state index in [0.29, 0.717) is 12.8 Å². The van der Waals surface area contributed by atoms with Crippen molar-refractivity contribution >= 4 is 27.3 Å². The highest BCUT2D eigenvalue weighted by atomic mass is 32.2. The molecule has 0 unspecified atom stereocenters. The molecule has 0 bridgehead atoms. The summed E-state index contributed by atoms with van der Waals surface area (Å²) < 4.78 is 65.1. The summed E-state index contributed by atoms with van der Waals surface area (Å²) >= 11 is 1.06. The second kappa shape index (κ2) is 8.42. The fourth-order valence-electron chi connectivity index (χ4n) is 3.17.